The Bertz CT molecular complexity index is 635. The highest BCUT2D eigenvalue weighted by Crippen LogP contribution is 2.22. The van der Waals surface area contributed by atoms with Gasteiger partial charge in [0.15, 0.2) is 0 Å². The number of carboxylic acid groups (broad SMARTS) is 2. The SMILES string of the molecule is C=c1c(C(=O)O)ccc(C(=O)O)c1=C1CCCCC1. The maximum absolute atomic E-state index is 11.3. The standard InChI is InChI=1S/C15H16O4/c1-9-11(14(16)17)7-8-12(15(18)19)13(9)10-5-3-2-4-6-10/h7-8H,1-6H2,(H,16,17)(H,18,19). The van der Waals surface area contributed by atoms with Gasteiger partial charge in [-0.05, 0) is 48.3 Å². The number of benzene rings is 1. The van der Waals surface area contributed by atoms with Crippen molar-refractivity contribution in [1.29, 1.82) is 0 Å². The normalized spacial score (nSPS) is 15.3. The van der Waals surface area contributed by atoms with Crippen LogP contribution in [0.4, 0.5) is 0 Å². The van der Waals surface area contributed by atoms with Crippen LogP contribution in [-0.2, 0) is 0 Å². The summed E-state index contributed by atoms with van der Waals surface area (Å²) in [5.41, 5.74) is 1.27. The van der Waals surface area contributed by atoms with Gasteiger partial charge < -0.3 is 10.2 Å². The summed E-state index contributed by atoms with van der Waals surface area (Å²) in [6.45, 7) is 3.79. The molecule has 1 aliphatic rings. The van der Waals surface area contributed by atoms with Gasteiger partial charge in [-0.25, -0.2) is 9.59 Å². The Hall–Kier alpha value is -2.10. The number of carboxylic acids is 2. The van der Waals surface area contributed by atoms with E-state index < -0.39 is 11.9 Å². The molecule has 19 heavy (non-hydrogen) atoms. The van der Waals surface area contributed by atoms with Crippen molar-refractivity contribution in [3.05, 3.63) is 33.7 Å². The first-order valence-corrected chi connectivity index (χ1v) is 6.33. The van der Waals surface area contributed by atoms with Crippen LogP contribution in [0.2, 0.25) is 0 Å². The maximum Gasteiger partial charge on any atom is 0.336 e. The summed E-state index contributed by atoms with van der Waals surface area (Å²) in [6.07, 6.45) is 4.82. The minimum Gasteiger partial charge on any atom is -0.478 e. The molecule has 0 unspecified atom stereocenters. The Morgan fingerprint density at radius 2 is 1.47 bits per heavy atom. The number of aromatic carboxylic acids is 2. The Morgan fingerprint density at radius 1 is 0.947 bits per heavy atom. The summed E-state index contributed by atoms with van der Waals surface area (Å²) in [5.74, 6) is -2.10. The van der Waals surface area contributed by atoms with E-state index in [0.29, 0.717) is 10.4 Å². The number of carbonyl (C=O) groups is 2. The van der Waals surface area contributed by atoms with E-state index in [1.165, 1.54) is 12.1 Å². The lowest BCUT2D eigenvalue weighted by molar-refractivity contribution is 0.0679. The van der Waals surface area contributed by atoms with E-state index in [1.807, 2.05) is 0 Å². The summed E-state index contributed by atoms with van der Waals surface area (Å²) in [6, 6.07) is 2.69. The average Bonchev–Trinajstić information content (AvgIpc) is 2.38. The molecule has 0 radical (unpaired) electrons. The lowest BCUT2D eigenvalue weighted by Crippen LogP contribution is -2.36. The van der Waals surface area contributed by atoms with E-state index >= 15 is 0 Å². The van der Waals surface area contributed by atoms with Gasteiger partial charge in [-0.1, -0.05) is 18.6 Å². The molecule has 0 aromatic heterocycles. The van der Waals surface area contributed by atoms with Gasteiger partial charge in [-0.15, -0.1) is 0 Å². The number of hydrogen-bond acceptors (Lipinski definition) is 2. The second kappa shape index (κ2) is 5.26. The van der Waals surface area contributed by atoms with Gasteiger partial charge in [0.1, 0.15) is 0 Å². The highest BCUT2D eigenvalue weighted by molar-refractivity contribution is 5.92. The molecule has 4 nitrogen and oxygen atoms in total. The van der Waals surface area contributed by atoms with Gasteiger partial charge in [0.05, 0.1) is 11.1 Å². The van der Waals surface area contributed by atoms with E-state index in [1.54, 1.807) is 0 Å². The molecule has 1 aromatic carbocycles. The predicted octanol–water partition coefficient (Wildman–Crippen LogP) is 1.61. The van der Waals surface area contributed by atoms with Crippen LogP contribution in [0.25, 0.3) is 12.2 Å². The van der Waals surface area contributed by atoms with Gasteiger partial charge in [-0.3, -0.25) is 0 Å². The predicted molar refractivity (Wildman–Crippen MR) is 71.6 cm³/mol. The van der Waals surface area contributed by atoms with Crippen LogP contribution in [0.15, 0.2) is 12.1 Å². The van der Waals surface area contributed by atoms with Crippen molar-refractivity contribution in [3.8, 4) is 0 Å². The van der Waals surface area contributed by atoms with E-state index in [2.05, 4.69) is 6.58 Å². The first-order chi connectivity index (χ1) is 9.02. The molecule has 0 aliphatic heterocycles. The monoisotopic (exact) mass is 260 g/mol. The molecule has 1 aliphatic carbocycles. The van der Waals surface area contributed by atoms with Crippen LogP contribution in [0.1, 0.15) is 52.8 Å². The summed E-state index contributed by atoms with van der Waals surface area (Å²) in [5, 5.41) is 19.2. The minimum atomic E-state index is -1.07. The Labute approximate surface area is 110 Å². The van der Waals surface area contributed by atoms with Crippen molar-refractivity contribution >= 4 is 24.1 Å². The fourth-order valence-corrected chi connectivity index (χ4v) is 2.66. The van der Waals surface area contributed by atoms with Gasteiger partial charge in [-0.2, -0.15) is 0 Å². The Balaban J connectivity index is 2.81. The molecule has 0 bridgehead atoms. The molecule has 0 heterocycles. The zero-order valence-electron chi connectivity index (χ0n) is 10.6. The van der Waals surface area contributed by atoms with Crippen LogP contribution in [0.3, 0.4) is 0 Å². The lowest BCUT2D eigenvalue weighted by atomic mass is 9.90. The zero-order valence-corrected chi connectivity index (χ0v) is 10.6. The highest BCUT2D eigenvalue weighted by atomic mass is 16.4. The minimum absolute atomic E-state index is 0.0815. The molecular formula is C15H16O4. The fourth-order valence-electron chi connectivity index (χ4n) is 2.66. The van der Waals surface area contributed by atoms with E-state index in [-0.39, 0.29) is 11.1 Å². The third-order valence-corrected chi connectivity index (χ3v) is 3.58. The first kappa shape index (κ1) is 13.3. The summed E-state index contributed by atoms with van der Waals surface area (Å²) < 4.78 is 0. The van der Waals surface area contributed by atoms with E-state index in [9.17, 15) is 14.7 Å². The van der Waals surface area contributed by atoms with Crippen LogP contribution >= 0.6 is 0 Å². The molecule has 0 atom stereocenters. The van der Waals surface area contributed by atoms with Gasteiger partial charge >= 0.3 is 11.9 Å². The van der Waals surface area contributed by atoms with Gasteiger partial charge in [0.25, 0.3) is 0 Å². The quantitative estimate of drug-likeness (QED) is 0.847. The van der Waals surface area contributed by atoms with E-state index in [0.717, 1.165) is 37.7 Å². The average molecular weight is 260 g/mol. The van der Waals surface area contributed by atoms with Crippen LogP contribution in [-0.4, -0.2) is 22.2 Å². The highest BCUT2D eigenvalue weighted by Gasteiger charge is 2.15. The largest absolute Gasteiger partial charge is 0.478 e. The third-order valence-electron chi connectivity index (χ3n) is 3.58. The van der Waals surface area contributed by atoms with Crippen molar-refractivity contribution in [2.75, 3.05) is 0 Å². The summed E-state index contributed by atoms with van der Waals surface area (Å²) in [7, 11) is 0. The van der Waals surface area contributed by atoms with Crippen LogP contribution in [0.5, 0.6) is 0 Å². The van der Waals surface area contributed by atoms with Crippen LogP contribution < -0.4 is 10.4 Å². The summed E-state index contributed by atoms with van der Waals surface area (Å²) in [4.78, 5) is 22.5. The van der Waals surface area contributed by atoms with Gasteiger partial charge in [0.2, 0.25) is 0 Å². The molecule has 1 fully saturated rings. The molecular weight excluding hydrogens is 244 g/mol. The fraction of sp³-hybridized carbons (Fsp3) is 0.333. The lowest BCUT2D eigenvalue weighted by Gasteiger charge is -2.15. The molecule has 1 aromatic rings. The smallest absolute Gasteiger partial charge is 0.336 e. The third kappa shape index (κ3) is 2.52. The topological polar surface area (TPSA) is 74.6 Å². The molecule has 2 rings (SSSR count). The second-order valence-electron chi connectivity index (χ2n) is 4.79. The molecule has 100 valence electrons. The van der Waals surface area contributed by atoms with Crippen molar-refractivity contribution in [3.63, 3.8) is 0 Å². The molecule has 1 saturated carbocycles. The number of rotatable bonds is 2. The zero-order chi connectivity index (χ0) is 14.0. The maximum atomic E-state index is 11.3. The summed E-state index contributed by atoms with van der Waals surface area (Å²) >= 11 is 0. The Morgan fingerprint density at radius 3 is 2.00 bits per heavy atom. The Kier molecular flexibility index (Phi) is 3.69. The molecule has 0 amide bonds. The first-order valence-electron chi connectivity index (χ1n) is 6.33. The van der Waals surface area contributed by atoms with Crippen molar-refractivity contribution in [1.82, 2.24) is 0 Å². The molecule has 4 heteroatoms. The number of hydrogen-bond donors (Lipinski definition) is 2. The van der Waals surface area contributed by atoms with Gasteiger partial charge in [0, 0.05) is 0 Å². The molecule has 0 spiro atoms. The van der Waals surface area contributed by atoms with Crippen molar-refractivity contribution < 1.29 is 19.8 Å². The second-order valence-corrected chi connectivity index (χ2v) is 4.79. The van der Waals surface area contributed by atoms with Crippen LogP contribution in [0, 0.1) is 0 Å². The molecule has 0 saturated heterocycles. The molecule has 2 N–H and O–H groups in total. The van der Waals surface area contributed by atoms with E-state index in [4.69, 9.17) is 5.11 Å². The van der Waals surface area contributed by atoms with Crippen molar-refractivity contribution in [2.45, 2.75) is 32.1 Å². The van der Waals surface area contributed by atoms with Crippen molar-refractivity contribution in [2.24, 2.45) is 0 Å².